The van der Waals surface area contributed by atoms with Gasteiger partial charge in [-0.1, -0.05) is 31.2 Å². The summed E-state index contributed by atoms with van der Waals surface area (Å²) in [7, 11) is 0. The normalized spacial score (nSPS) is 15.5. The van der Waals surface area contributed by atoms with Crippen molar-refractivity contribution in [3.63, 3.8) is 0 Å². The van der Waals surface area contributed by atoms with E-state index in [0.717, 1.165) is 19.4 Å². The number of hydrogen-bond donors (Lipinski definition) is 1. The third kappa shape index (κ3) is 3.99. The lowest BCUT2D eigenvalue weighted by molar-refractivity contribution is 0.823. The van der Waals surface area contributed by atoms with Gasteiger partial charge in [-0.2, -0.15) is 0 Å². The largest absolute Gasteiger partial charge is 0.330 e. The molecule has 11 heavy (non-hydrogen) atoms. The molecule has 0 heterocycles. The monoisotopic (exact) mass is 153 g/mol. The van der Waals surface area contributed by atoms with Gasteiger partial charge in [-0.05, 0) is 32.2 Å². The van der Waals surface area contributed by atoms with Gasteiger partial charge in [0.15, 0.2) is 0 Å². The molecular weight excluding hydrogens is 134 g/mol. The molecule has 0 atom stereocenters. The van der Waals surface area contributed by atoms with E-state index >= 15 is 0 Å². The van der Waals surface area contributed by atoms with Gasteiger partial charge >= 0.3 is 0 Å². The van der Waals surface area contributed by atoms with E-state index in [2.05, 4.69) is 18.2 Å². The molecule has 0 aromatic rings. The summed E-state index contributed by atoms with van der Waals surface area (Å²) in [6.07, 6.45) is 11.5. The maximum Gasteiger partial charge on any atom is -0.00741 e. The summed E-state index contributed by atoms with van der Waals surface area (Å²) in [5.41, 5.74) is 6.86. The third-order valence-corrected chi connectivity index (χ3v) is 1.74. The Labute approximate surface area is 70.0 Å². The highest BCUT2D eigenvalue weighted by molar-refractivity contribution is 5.21. The summed E-state index contributed by atoms with van der Waals surface area (Å²) < 4.78 is 0. The van der Waals surface area contributed by atoms with E-state index in [-0.39, 0.29) is 7.43 Å². The Balaban J connectivity index is 0.000001000. The smallest absolute Gasteiger partial charge is 0.00741 e. The van der Waals surface area contributed by atoms with E-state index in [4.69, 9.17) is 5.73 Å². The second-order valence-electron chi connectivity index (χ2n) is 2.65. The summed E-state index contributed by atoms with van der Waals surface area (Å²) in [4.78, 5) is 0. The first kappa shape index (κ1) is 10.4. The van der Waals surface area contributed by atoms with Crippen LogP contribution in [0.5, 0.6) is 0 Å². The Hall–Kier alpha value is -0.560. The predicted molar refractivity (Wildman–Crippen MR) is 51.5 cm³/mol. The highest BCUT2D eigenvalue weighted by atomic mass is 14.5. The Bertz CT molecular complexity index is 145. The SMILES string of the molecule is C.NCCCC1=CCCC=C1. The van der Waals surface area contributed by atoms with Crippen LogP contribution in [0.2, 0.25) is 0 Å². The minimum absolute atomic E-state index is 0. The van der Waals surface area contributed by atoms with Gasteiger partial charge in [0.2, 0.25) is 0 Å². The first-order chi connectivity index (χ1) is 4.93. The zero-order chi connectivity index (χ0) is 7.23. The van der Waals surface area contributed by atoms with Crippen LogP contribution in [0.1, 0.15) is 33.1 Å². The highest BCUT2D eigenvalue weighted by Gasteiger charge is 1.95. The van der Waals surface area contributed by atoms with Gasteiger partial charge in [0.05, 0.1) is 0 Å². The molecule has 0 unspecified atom stereocenters. The van der Waals surface area contributed by atoms with E-state index in [1.165, 1.54) is 18.4 Å². The lowest BCUT2D eigenvalue weighted by Crippen LogP contribution is -1.98. The van der Waals surface area contributed by atoms with Gasteiger partial charge in [0, 0.05) is 0 Å². The molecule has 2 N–H and O–H groups in total. The molecule has 0 radical (unpaired) electrons. The number of rotatable bonds is 3. The van der Waals surface area contributed by atoms with Crippen LogP contribution in [0.4, 0.5) is 0 Å². The fraction of sp³-hybridized carbons (Fsp3) is 0.600. The molecule has 1 aliphatic carbocycles. The molecule has 1 heteroatoms. The van der Waals surface area contributed by atoms with Crippen LogP contribution in [0.15, 0.2) is 23.8 Å². The van der Waals surface area contributed by atoms with E-state index in [1.807, 2.05) is 0 Å². The maximum atomic E-state index is 5.39. The van der Waals surface area contributed by atoms with Crippen LogP contribution in [0, 0.1) is 0 Å². The third-order valence-electron chi connectivity index (χ3n) is 1.74. The fourth-order valence-corrected chi connectivity index (χ4v) is 1.16. The fourth-order valence-electron chi connectivity index (χ4n) is 1.16. The van der Waals surface area contributed by atoms with Crippen LogP contribution in [0.3, 0.4) is 0 Å². The van der Waals surface area contributed by atoms with Crippen LogP contribution in [-0.2, 0) is 0 Å². The lowest BCUT2D eigenvalue weighted by atomic mass is 10.0. The van der Waals surface area contributed by atoms with Gasteiger partial charge < -0.3 is 5.73 Å². The first-order valence-electron chi connectivity index (χ1n) is 3.99. The van der Waals surface area contributed by atoms with Crippen LogP contribution < -0.4 is 5.73 Å². The molecule has 1 rings (SSSR count). The van der Waals surface area contributed by atoms with Crippen LogP contribution >= 0.6 is 0 Å². The minimum Gasteiger partial charge on any atom is -0.330 e. The van der Waals surface area contributed by atoms with Crippen molar-refractivity contribution in [1.82, 2.24) is 0 Å². The van der Waals surface area contributed by atoms with E-state index in [9.17, 15) is 0 Å². The van der Waals surface area contributed by atoms with Crippen molar-refractivity contribution < 1.29 is 0 Å². The van der Waals surface area contributed by atoms with Crippen molar-refractivity contribution >= 4 is 0 Å². The Kier molecular flexibility index (Phi) is 5.86. The molecule has 64 valence electrons. The van der Waals surface area contributed by atoms with Crippen LogP contribution in [-0.4, -0.2) is 6.54 Å². The molecule has 1 nitrogen and oxygen atoms in total. The van der Waals surface area contributed by atoms with Crippen molar-refractivity contribution in [2.45, 2.75) is 33.1 Å². The topological polar surface area (TPSA) is 26.0 Å². The van der Waals surface area contributed by atoms with Gasteiger partial charge in [0.1, 0.15) is 0 Å². The van der Waals surface area contributed by atoms with Crippen molar-refractivity contribution in [2.24, 2.45) is 5.73 Å². The van der Waals surface area contributed by atoms with E-state index in [0.29, 0.717) is 0 Å². The molecule has 0 bridgehead atoms. The van der Waals surface area contributed by atoms with E-state index in [1.54, 1.807) is 0 Å². The Morgan fingerprint density at radius 3 is 2.73 bits per heavy atom. The van der Waals surface area contributed by atoms with Crippen molar-refractivity contribution in [3.8, 4) is 0 Å². The van der Waals surface area contributed by atoms with Crippen LogP contribution in [0.25, 0.3) is 0 Å². The highest BCUT2D eigenvalue weighted by Crippen LogP contribution is 2.13. The average Bonchev–Trinajstić information content (AvgIpc) is 2.03. The van der Waals surface area contributed by atoms with Gasteiger partial charge in [-0.25, -0.2) is 0 Å². The molecule has 0 aromatic heterocycles. The number of allylic oxidation sites excluding steroid dienone is 4. The number of hydrogen-bond acceptors (Lipinski definition) is 1. The minimum atomic E-state index is 0. The molecule has 0 saturated heterocycles. The Morgan fingerprint density at radius 2 is 2.18 bits per heavy atom. The predicted octanol–water partition coefficient (Wildman–Crippen LogP) is 2.64. The van der Waals surface area contributed by atoms with Gasteiger partial charge in [-0.15, -0.1) is 0 Å². The molecule has 0 saturated carbocycles. The summed E-state index contributed by atoms with van der Waals surface area (Å²) in [5, 5.41) is 0. The quantitative estimate of drug-likeness (QED) is 0.662. The van der Waals surface area contributed by atoms with Gasteiger partial charge in [-0.3, -0.25) is 0 Å². The van der Waals surface area contributed by atoms with Crippen molar-refractivity contribution in [1.29, 1.82) is 0 Å². The lowest BCUT2D eigenvalue weighted by Gasteiger charge is -2.04. The van der Waals surface area contributed by atoms with Crippen molar-refractivity contribution in [3.05, 3.63) is 23.8 Å². The molecule has 0 aromatic carbocycles. The molecular formula is C10H19N. The molecule has 0 fully saturated rings. The summed E-state index contributed by atoms with van der Waals surface area (Å²) in [5.74, 6) is 0. The standard InChI is InChI=1S/C9H15N.CH4/c10-8-4-7-9-5-2-1-3-6-9;/h2,5-6H,1,3-4,7-8,10H2;1H4. The second kappa shape index (κ2) is 6.17. The molecule has 0 spiro atoms. The number of nitrogens with two attached hydrogens (primary N) is 1. The maximum absolute atomic E-state index is 5.39. The first-order valence-corrected chi connectivity index (χ1v) is 3.99. The summed E-state index contributed by atoms with van der Waals surface area (Å²) in [6, 6.07) is 0. The zero-order valence-corrected chi connectivity index (χ0v) is 6.34. The molecule has 1 aliphatic rings. The Morgan fingerprint density at radius 1 is 1.36 bits per heavy atom. The molecule has 0 aliphatic heterocycles. The van der Waals surface area contributed by atoms with E-state index < -0.39 is 0 Å². The molecule has 0 amide bonds. The summed E-state index contributed by atoms with van der Waals surface area (Å²) >= 11 is 0. The zero-order valence-electron chi connectivity index (χ0n) is 6.34. The average molecular weight is 153 g/mol. The second-order valence-corrected chi connectivity index (χ2v) is 2.65. The van der Waals surface area contributed by atoms with Crippen molar-refractivity contribution in [2.75, 3.05) is 6.54 Å². The summed E-state index contributed by atoms with van der Waals surface area (Å²) in [6.45, 7) is 0.811. The van der Waals surface area contributed by atoms with Gasteiger partial charge in [0.25, 0.3) is 0 Å².